The van der Waals surface area contributed by atoms with E-state index in [1.807, 2.05) is 42.8 Å². The van der Waals surface area contributed by atoms with E-state index in [1.165, 1.54) is 0 Å². The van der Waals surface area contributed by atoms with Crippen molar-refractivity contribution in [2.45, 2.75) is 47.5 Å². The highest BCUT2D eigenvalue weighted by Gasteiger charge is 2.24. The highest BCUT2D eigenvalue weighted by Crippen LogP contribution is 2.36. The molecule has 0 unspecified atom stereocenters. The zero-order chi connectivity index (χ0) is 23.4. The smallest absolute Gasteiger partial charge is 0.313 e. The van der Waals surface area contributed by atoms with Gasteiger partial charge < -0.3 is 4.74 Å². The van der Waals surface area contributed by atoms with Gasteiger partial charge in [-0.2, -0.15) is 0 Å². The molecule has 5 rings (SSSR count). The average Bonchev–Trinajstić information content (AvgIpc) is 3.30. The molecule has 2 aromatic carbocycles. The molecule has 6 nitrogen and oxygen atoms in total. The van der Waals surface area contributed by atoms with Crippen LogP contribution in [0.5, 0.6) is 5.75 Å². The van der Waals surface area contributed by atoms with E-state index in [1.54, 1.807) is 0 Å². The van der Waals surface area contributed by atoms with Crippen molar-refractivity contribution >= 4 is 33.7 Å². The number of aromatic nitrogens is 4. The number of imidazole rings is 1. The predicted octanol–water partition coefficient (Wildman–Crippen LogP) is 6.13. The third-order valence-corrected chi connectivity index (χ3v) is 5.86. The lowest BCUT2D eigenvalue weighted by Gasteiger charge is -2.12. The van der Waals surface area contributed by atoms with Gasteiger partial charge in [0, 0.05) is 11.6 Å². The van der Waals surface area contributed by atoms with E-state index < -0.39 is 0 Å². The van der Waals surface area contributed by atoms with Crippen LogP contribution >= 0.6 is 0 Å². The molecule has 0 aliphatic rings. The van der Waals surface area contributed by atoms with Gasteiger partial charge in [-0.25, -0.2) is 9.97 Å². The van der Waals surface area contributed by atoms with Crippen molar-refractivity contribution in [1.82, 2.24) is 18.9 Å². The molecule has 5 aromatic rings. The zero-order valence-corrected chi connectivity index (χ0v) is 19.9. The summed E-state index contributed by atoms with van der Waals surface area (Å²) < 4.78 is 10.0. The molecule has 0 N–H and O–H groups in total. The predicted molar refractivity (Wildman–Crippen MR) is 131 cm³/mol. The summed E-state index contributed by atoms with van der Waals surface area (Å²) in [7, 11) is 0. The van der Waals surface area contributed by atoms with Gasteiger partial charge in [0.2, 0.25) is 0 Å². The molecule has 0 aliphatic carbocycles. The van der Waals surface area contributed by atoms with Gasteiger partial charge in [0.15, 0.2) is 17.0 Å². The Balaban J connectivity index is 1.94. The number of aryl methyl sites for hydroxylation is 2. The van der Waals surface area contributed by atoms with Crippen molar-refractivity contribution in [1.29, 1.82) is 0 Å². The summed E-state index contributed by atoms with van der Waals surface area (Å²) in [5.74, 6) is 1.03. The Morgan fingerprint density at radius 1 is 0.939 bits per heavy atom. The Morgan fingerprint density at radius 3 is 2.30 bits per heavy atom. The number of hydrogen-bond donors (Lipinski definition) is 0. The molecule has 0 atom stereocenters. The number of carbonyl (C=O) groups is 1. The van der Waals surface area contributed by atoms with E-state index in [4.69, 9.17) is 14.7 Å². The average molecular weight is 441 g/mol. The fraction of sp³-hybridized carbons (Fsp3) is 0.296. The van der Waals surface area contributed by atoms with Gasteiger partial charge in [0.1, 0.15) is 11.2 Å². The molecular formula is C27H28N4O2. The monoisotopic (exact) mass is 440 g/mol. The van der Waals surface area contributed by atoms with Crippen molar-refractivity contribution < 1.29 is 9.53 Å². The van der Waals surface area contributed by atoms with Gasteiger partial charge >= 0.3 is 5.97 Å². The standard InChI is InChI=1S/C27H28N4O2/c1-15(2)24-29-25-23(26-28-20-9-7-8-10-21(20)31(24)26)22(33-27(32)16(3)4)14-30(25)19-12-17(5)11-18(6)13-19/h7-16H,1-6H3. The van der Waals surface area contributed by atoms with Crippen LogP contribution in [0.15, 0.2) is 48.7 Å². The van der Waals surface area contributed by atoms with Crippen LogP contribution in [0, 0.1) is 19.8 Å². The number of rotatable bonds is 4. The normalized spacial score (nSPS) is 12.0. The maximum Gasteiger partial charge on any atom is 0.313 e. The number of hydrogen-bond acceptors (Lipinski definition) is 4. The summed E-state index contributed by atoms with van der Waals surface area (Å²) >= 11 is 0. The summed E-state index contributed by atoms with van der Waals surface area (Å²) in [6.07, 6.45) is 1.87. The number of para-hydroxylation sites is 2. The summed E-state index contributed by atoms with van der Waals surface area (Å²) in [5, 5.41) is 0.740. The van der Waals surface area contributed by atoms with Gasteiger partial charge in [-0.1, -0.05) is 45.9 Å². The van der Waals surface area contributed by atoms with Gasteiger partial charge in [-0.15, -0.1) is 0 Å². The summed E-state index contributed by atoms with van der Waals surface area (Å²) in [5.41, 5.74) is 6.65. The molecule has 0 spiro atoms. The first-order valence-electron chi connectivity index (χ1n) is 11.4. The van der Waals surface area contributed by atoms with Crippen molar-refractivity contribution in [2.75, 3.05) is 0 Å². The van der Waals surface area contributed by atoms with Gasteiger partial charge in [-0.3, -0.25) is 13.8 Å². The molecule has 0 bridgehead atoms. The van der Waals surface area contributed by atoms with Crippen molar-refractivity contribution in [2.24, 2.45) is 5.92 Å². The highest BCUT2D eigenvalue weighted by atomic mass is 16.5. The van der Waals surface area contributed by atoms with Gasteiger partial charge in [-0.05, 0) is 49.2 Å². The fourth-order valence-electron chi connectivity index (χ4n) is 4.36. The number of nitrogens with zero attached hydrogens (tertiary/aromatic N) is 4. The molecule has 0 radical (unpaired) electrons. The Labute approximate surface area is 192 Å². The quantitative estimate of drug-likeness (QED) is 0.316. The minimum atomic E-state index is -0.281. The second kappa shape index (κ2) is 7.73. The minimum absolute atomic E-state index is 0.166. The molecule has 3 aromatic heterocycles. The van der Waals surface area contributed by atoms with Crippen LogP contribution in [0.25, 0.3) is 33.4 Å². The SMILES string of the molecule is Cc1cc(C)cc(-n2cc(OC(=O)C(C)C)c3c2nc(C(C)C)n2c4ccccc4nc32)c1. The fourth-order valence-corrected chi connectivity index (χ4v) is 4.36. The minimum Gasteiger partial charge on any atom is -0.424 e. The third-order valence-electron chi connectivity index (χ3n) is 5.86. The number of ether oxygens (including phenoxy) is 1. The molecule has 0 saturated heterocycles. The van der Waals surface area contributed by atoms with Crippen LogP contribution in [0.3, 0.4) is 0 Å². The van der Waals surface area contributed by atoms with Crippen LogP contribution in [0.1, 0.15) is 50.6 Å². The van der Waals surface area contributed by atoms with Crippen LogP contribution in [-0.4, -0.2) is 24.9 Å². The second-order valence-electron chi connectivity index (χ2n) is 9.37. The van der Waals surface area contributed by atoms with E-state index >= 15 is 0 Å². The molecule has 6 heteroatoms. The summed E-state index contributed by atoms with van der Waals surface area (Å²) in [4.78, 5) is 22.7. The van der Waals surface area contributed by atoms with Crippen LogP contribution in [0.2, 0.25) is 0 Å². The highest BCUT2D eigenvalue weighted by molar-refractivity contribution is 6.01. The molecule has 33 heavy (non-hydrogen) atoms. The Bertz CT molecular complexity index is 1520. The van der Waals surface area contributed by atoms with Gasteiger partial charge in [0.25, 0.3) is 0 Å². The lowest BCUT2D eigenvalue weighted by molar-refractivity contribution is -0.137. The topological polar surface area (TPSA) is 61.4 Å². The molecule has 0 aliphatic heterocycles. The Kier molecular flexibility index (Phi) is 4.96. The molecule has 0 fully saturated rings. The first-order valence-corrected chi connectivity index (χ1v) is 11.4. The van der Waals surface area contributed by atoms with E-state index in [9.17, 15) is 4.79 Å². The van der Waals surface area contributed by atoms with Gasteiger partial charge in [0.05, 0.1) is 23.1 Å². The maximum atomic E-state index is 12.6. The maximum absolute atomic E-state index is 12.6. The van der Waals surface area contributed by atoms with E-state index in [0.717, 1.165) is 50.4 Å². The molecule has 168 valence electrons. The molecular weight excluding hydrogens is 412 g/mol. The molecule has 3 heterocycles. The number of esters is 1. The van der Waals surface area contributed by atoms with E-state index in [-0.39, 0.29) is 17.8 Å². The number of fused-ring (bicyclic) bond motifs is 5. The Morgan fingerprint density at radius 2 is 1.64 bits per heavy atom. The largest absolute Gasteiger partial charge is 0.424 e. The van der Waals surface area contributed by atoms with E-state index in [2.05, 4.69) is 56.4 Å². The van der Waals surface area contributed by atoms with Crippen molar-refractivity contribution in [3.8, 4) is 11.4 Å². The lowest BCUT2D eigenvalue weighted by Crippen LogP contribution is -2.14. The first-order chi connectivity index (χ1) is 15.7. The number of benzene rings is 2. The number of carbonyl (C=O) groups excluding carboxylic acids is 1. The Hall–Kier alpha value is -3.67. The van der Waals surface area contributed by atoms with E-state index in [0.29, 0.717) is 5.75 Å². The van der Waals surface area contributed by atoms with Crippen molar-refractivity contribution in [3.05, 3.63) is 65.6 Å². The molecule has 0 amide bonds. The third kappa shape index (κ3) is 3.46. The second-order valence-corrected chi connectivity index (χ2v) is 9.37. The van der Waals surface area contributed by atoms with Crippen molar-refractivity contribution in [3.63, 3.8) is 0 Å². The lowest BCUT2D eigenvalue weighted by atomic mass is 10.1. The summed E-state index contributed by atoms with van der Waals surface area (Å²) in [6.45, 7) is 12.1. The molecule has 0 saturated carbocycles. The summed E-state index contributed by atoms with van der Waals surface area (Å²) in [6, 6.07) is 14.4. The van der Waals surface area contributed by atoms with Crippen LogP contribution in [0.4, 0.5) is 0 Å². The van der Waals surface area contributed by atoms with Crippen LogP contribution in [-0.2, 0) is 4.79 Å². The first kappa shape index (κ1) is 21.2. The zero-order valence-electron chi connectivity index (χ0n) is 19.9. The van der Waals surface area contributed by atoms with Crippen LogP contribution < -0.4 is 4.74 Å².